The maximum atomic E-state index is 11.7. The van der Waals surface area contributed by atoms with Crippen molar-refractivity contribution in [3.8, 4) is 11.5 Å². The predicted octanol–water partition coefficient (Wildman–Crippen LogP) is 3.45. The Morgan fingerprint density at radius 3 is 2.64 bits per heavy atom. The minimum atomic E-state index is -0.108. The third-order valence-electron chi connectivity index (χ3n) is 5.91. The summed E-state index contributed by atoms with van der Waals surface area (Å²) in [5.74, 6) is 2.50. The Labute approximate surface area is 166 Å². The minimum Gasteiger partial charge on any atom is -0.493 e. The van der Waals surface area contributed by atoms with Crippen molar-refractivity contribution in [3.63, 3.8) is 0 Å². The Morgan fingerprint density at radius 2 is 2.00 bits per heavy atom. The van der Waals surface area contributed by atoms with E-state index in [1.54, 1.807) is 7.11 Å². The van der Waals surface area contributed by atoms with Crippen LogP contribution in [0, 0.1) is 5.92 Å². The first-order valence-corrected chi connectivity index (χ1v) is 10.3. The summed E-state index contributed by atoms with van der Waals surface area (Å²) in [6.07, 6.45) is 4.62. The van der Waals surface area contributed by atoms with E-state index in [1.807, 2.05) is 12.1 Å². The van der Waals surface area contributed by atoms with Crippen LogP contribution in [0.15, 0.2) is 12.1 Å². The number of likely N-dealkylation sites (tertiary alicyclic amines) is 1. The van der Waals surface area contributed by atoms with E-state index < -0.39 is 0 Å². The van der Waals surface area contributed by atoms with Gasteiger partial charge in [0.1, 0.15) is 0 Å². The number of ether oxygens (including phenoxy) is 2. The zero-order valence-corrected chi connectivity index (χ0v) is 17.0. The van der Waals surface area contributed by atoms with Crippen LogP contribution < -0.4 is 14.8 Å². The minimum absolute atomic E-state index is 0.108. The monoisotopic (exact) mass is 386 g/mol. The van der Waals surface area contributed by atoms with Crippen molar-refractivity contribution >= 4 is 22.9 Å². The number of anilines is 1. The number of methoxy groups -OCH3 is 1. The fourth-order valence-corrected chi connectivity index (χ4v) is 4.40. The molecule has 0 unspecified atom stereocenters. The standard InChI is InChI=1S/C21H30N4O3/c1-4-24-11-15(12-24)13-28-20-9-17-18(10-19(20)27-3)25(16-7-5-6-8-16)21(23-17)22-14(2)26/h9-10,15-16H,4-8,11-13H2,1-3H3,(H,22,23,26). The summed E-state index contributed by atoms with van der Waals surface area (Å²) >= 11 is 0. The van der Waals surface area contributed by atoms with Crippen LogP contribution in [0.1, 0.15) is 45.6 Å². The number of hydrogen-bond donors (Lipinski definition) is 1. The third-order valence-corrected chi connectivity index (χ3v) is 5.91. The lowest BCUT2D eigenvalue weighted by atomic mass is 10.0. The lowest BCUT2D eigenvalue weighted by Crippen LogP contribution is -2.48. The fraction of sp³-hybridized carbons (Fsp3) is 0.619. The van der Waals surface area contributed by atoms with E-state index in [0.29, 0.717) is 30.3 Å². The highest BCUT2D eigenvalue weighted by molar-refractivity contribution is 5.90. The third kappa shape index (κ3) is 3.68. The van der Waals surface area contributed by atoms with E-state index >= 15 is 0 Å². The molecule has 152 valence electrons. The van der Waals surface area contributed by atoms with Crippen LogP contribution in [0.3, 0.4) is 0 Å². The number of nitrogens with one attached hydrogen (secondary N) is 1. The van der Waals surface area contributed by atoms with Crippen LogP contribution in [0.2, 0.25) is 0 Å². The predicted molar refractivity (Wildman–Crippen MR) is 109 cm³/mol. The quantitative estimate of drug-likeness (QED) is 0.789. The number of aromatic nitrogens is 2. The molecule has 2 fully saturated rings. The van der Waals surface area contributed by atoms with Gasteiger partial charge in [-0.05, 0) is 19.4 Å². The van der Waals surface area contributed by atoms with Crippen molar-refractivity contribution in [2.75, 3.05) is 38.7 Å². The van der Waals surface area contributed by atoms with Crippen molar-refractivity contribution in [2.24, 2.45) is 5.92 Å². The van der Waals surface area contributed by atoms with Gasteiger partial charge in [0.2, 0.25) is 11.9 Å². The Balaban J connectivity index is 1.63. The van der Waals surface area contributed by atoms with Gasteiger partial charge in [-0.25, -0.2) is 4.98 Å². The number of carbonyl (C=O) groups is 1. The molecular formula is C21H30N4O3. The van der Waals surface area contributed by atoms with Gasteiger partial charge in [-0.1, -0.05) is 19.8 Å². The van der Waals surface area contributed by atoms with Crippen molar-refractivity contribution < 1.29 is 14.3 Å². The Kier molecular flexibility index (Phi) is 5.44. The molecule has 28 heavy (non-hydrogen) atoms. The summed E-state index contributed by atoms with van der Waals surface area (Å²) in [6, 6.07) is 4.31. The second-order valence-corrected chi connectivity index (χ2v) is 7.95. The summed E-state index contributed by atoms with van der Waals surface area (Å²) in [4.78, 5) is 18.8. The number of fused-ring (bicyclic) bond motifs is 1. The first-order chi connectivity index (χ1) is 13.6. The van der Waals surface area contributed by atoms with Gasteiger partial charge in [0, 0.05) is 44.1 Å². The highest BCUT2D eigenvalue weighted by Gasteiger charge is 2.27. The van der Waals surface area contributed by atoms with Crippen LogP contribution in [0.25, 0.3) is 11.0 Å². The van der Waals surface area contributed by atoms with E-state index in [1.165, 1.54) is 19.8 Å². The Morgan fingerprint density at radius 1 is 1.25 bits per heavy atom. The fourth-order valence-electron chi connectivity index (χ4n) is 4.40. The summed E-state index contributed by atoms with van der Waals surface area (Å²) in [5, 5.41) is 2.90. The topological polar surface area (TPSA) is 68.6 Å². The summed E-state index contributed by atoms with van der Waals surface area (Å²) in [5.41, 5.74) is 1.82. The van der Waals surface area contributed by atoms with Crippen molar-refractivity contribution in [3.05, 3.63) is 12.1 Å². The molecule has 4 rings (SSSR count). The average Bonchev–Trinajstić information content (AvgIpc) is 3.26. The molecule has 1 aliphatic carbocycles. The van der Waals surface area contributed by atoms with Gasteiger partial charge in [0.25, 0.3) is 0 Å². The molecule has 2 heterocycles. The second kappa shape index (κ2) is 7.99. The van der Waals surface area contributed by atoms with Gasteiger partial charge < -0.3 is 18.9 Å². The molecule has 7 nitrogen and oxygen atoms in total. The molecule has 0 atom stereocenters. The highest BCUT2D eigenvalue weighted by Crippen LogP contribution is 2.39. The summed E-state index contributed by atoms with van der Waals surface area (Å²) in [6.45, 7) is 7.65. The first kappa shape index (κ1) is 19.1. The van der Waals surface area contributed by atoms with Crippen LogP contribution in [-0.4, -0.2) is 53.7 Å². The van der Waals surface area contributed by atoms with E-state index in [2.05, 4.69) is 21.7 Å². The number of imidazole rings is 1. The number of nitrogens with zero attached hydrogens (tertiary/aromatic N) is 3. The molecule has 1 saturated carbocycles. The maximum Gasteiger partial charge on any atom is 0.223 e. The van der Waals surface area contributed by atoms with Crippen molar-refractivity contribution in [1.29, 1.82) is 0 Å². The van der Waals surface area contributed by atoms with E-state index in [0.717, 1.165) is 49.3 Å². The lowest BCUT2D eigenvalue weighted by molar-refractivity contribution is -0.114. The normalized spacial score (nSPS) is 18.4. The van der Waals surface area contributed by atoms with Crippen LogP contribution in [0.4, 0.5) is 5.95 Å². The smallest absolute Gasteiger partial charge is 0.223 e. The lowest BCUT2D eigenvalue weighted by Gasteiger charge is -2.38. The largest absolute Gasteiger partial charge is 0.493 e. The van der Waals surface area contributed by atoms with E-state index in [9.17, 15) is 4.79 Å². The number of rotatable bonds is 7. The molecular weight excluding hydrogens is 356 g/mol. The SMILES string of the molecule is CCN1CC(COc2cc3nc(NC(C)=O)n(C4CCCC4)c3cc2OC)C1. The number of benzene rings is 1. The van der Waals surface area contributed by atoms with Crippen molar-refractivity contribution in [1.82, 2.24) is 14.5 Å². The number of hydrogen-bond acceptors (Lipinski definition) is 5. The maximum absolute atomic E-state index is 11.7. The second-order valence-electron chi connectivity index (χ2n) is 7.95. The molecule has 1 aromatic carbocycles. The van der Waals surface area contributed by atoms with Gasteiger partial charge in [-0.15, -0.1) is 0 Å². The number of amides is 1. The molecule has 2 aromatic rings. The van der Waals surface area contributed by atoms with Crippen molar-refractivity contribution in [2.45, 2.75) is 45.6 Å². The molecule has 1 aromatic heterocycles. The van der Waals surface area contributed by atoms with Gasteiger partial charge in [0.05, 0.1) is 24.8 Å². The molecule has 2 aliphatic rings. The number of carbonyl (C=O) groups excluding carboxylic acids is 1. The molecule has 1 saturated heterocycles. The van der Waals surface area contributed by atoms with Gasteiger partial charge >= 0.3 is 0 Å². The zero-order chi connectivity index (χ0) is 19.7. The van der Waals surface area contributed by atoms with Gasteiger partial charge in [-0.2, -0.15) is 0 Å². The van der Waals surface area contributed by atoms with Gasteiger partial charge in [0.15, 0.2) is 11.5 Å². The van der Waals surface area contributed by atoms with E-state index in [4.69, 9.17) is 14.5 Å². The van der Waals surface area contributed by atoms with Crippen LogP contribution in [0.5, 0.6) is 11.5 Å². The van der Waals surface area contributed by atoms with Gasteiger partial charge in [-0.3, -0.25) is 10.1 Å². The Bertz CT molecular complexity index is 851. The molecule has 0 radical (unpaired) electrons. The average molecular weight is 386 g/mol. The summed E-state index contributed by atoms with van der Waals surface area (Å²) in [7, 11) is 1.67. The first-order valence-electron chi connectivity index (χ1n) is 10.3. The molecule has 0 spiro atoms. The zero-order valence-electron chi connectivity index (χ0n) is 17.0. The van der Waals surface area contributed by atoms with Crippen LogP contribution in [-0.2, 0) is 4.79 Å². The molecule has 1 aliphatic heterocycles. The molecule has 1 amide bonds. The Hall–Kier alpha value is -2.28. The van der Waals surface area contributed by atoms with E-state index in [-0.39, 0.29) is 5.91 Å². The van der Waals surface area contributed by atoms with Crippen LogP contribution >= 0.6 is 0 Å². The summed E-state index contributed by atoms with van der Waals surface area (Å²) < 4.78 is 13.9. The highest BCUT2D eigenvalue weighted by atomic mass is 16.5. The molecule has 7 heteroatoms. The molecule has 1 N–H and O–H groups in total. The molecule has 0 bridgehead atoms.